The third kappa shape index (κ3) is 3.20. The molecule has 94 valence electrons. The minimum absolute atomic E-state index is 0.148. The second-order valence-electron chi connectivity index (χ2n) is 4.85. The first-order chi connectivity index (χ1) is 8.20. The molecule has 2 rings (SSSR count). The smallest absolute Gasteiger partial charge is 0.123 e. The molecule has 1 aliphatic rings. The highest BCUT2D eigenvalue weighted by Gasteiger charge is 2.21. The van der Waals surface area contributed by atoms with E-state index in [1.807, 2.05) is 13.0 Å². The van der Waals surface area contributed by atoms with Gasteiger partial charge in [-0.1, -0.05) is 12.5 Å². The van der Waals surface area contributed by atoms with Gasteiger partial charge in [0.25, 0.3) is 0 Å². The van der Waals surface area contributed by atoms with Crippen molar-refractivity contribution in [1.29, 1.82) is 0 Å². The van der Waals surface area contributed by atoms with E-state index < -0.39 is 0 Å². The van der Waals surface area contributed by atoms with Crippen LogP contribution in [0.15, 0.2) is 18.2 Å². The Morgan fingerprint density at radius 2 is 2.24 bits per heavy atom. The lowest BCUT2D eigenvalue weighted by molar-refractivity contribution is 0.154. The van der Waals surface area contributed by atoms with Gasteiger partial charge in [0.1, 0.15) is 5.82 Å². The van der Waals surface area contributed by atoms with Gasteiger partial charge in [-0.2, -0.15) is 0 Å². The summed E-state index contributed by atoms with van der Waals surface area (Å²) < 4.78 is 13.2. The fourth-order valence-corrected chi connectivity index (χ4v) is 2.82. The molecule has 1 aliphatic heterocycles. The van der Waals surface area contributed by atoms with Crippen LogP contribution in [0.1, 0.15) is 30.4 Å². The number of likely N-dealkylation sites (tertiary alicyclic amines) is 1. The van der Waals surface area contributed by atoms with Gasteiger partial charge in [0.05, 0.1) is 0 Å². The molecule has 3 heteroatoms. The molecule has 1 unspecified atom stereocenters. The van der Waals surface area contributed by atoms with Crippen LogP contribution >= 0.6 is 11.6 Å². The Labute approximate surface area is 108 Å². The van der Waals surface area contributed by atoms with Gasteiger partial charge in [0.15, 0.2) is 0 Å². The van der Waals surface area contributed by atoms with Crippen molar-refractivity contribution in [2.45, 2.75) is 38.8 Å². The molecule has 0 saturated carbocycles. The van der Waals surface area contributed by atoms with Gasteiger partial charge in [-0.05, 0) is 49.6 Å². The van der Waals surface area contributed by atoms with Crippen molar-refractivity contribution in [2.24, 2.45) is 0 Å². The highest BCUT2D eigenvalue weighted by atomic mass is 35.5. The summed E-state index contributed by atoms with van der Waals surface area (Å²) in [6.45, 7) is 3.93. The summed E-state index contributed by atoms with van der Waals surface area (Å²) in [5, 5.41) is 0. The molecule has 0 radical (unpaired) electrons. The summed E-state index contributed by atoms with van der Waals surface area (Å²) >= 11 is 6.00. The summed E-state index contributed by atoms with van der Waals surface area (Å²) in [4.78, 5) is 2.39. The second kappa shape index (κ2) is 5.83. The number of alkyl halides is 1. The first-order valence-corrected chi connectivity index (χ1v) is 6.79. The lowest BCUT2D eigenvalue weighted by Crippen LogP contribution is -2.40. The number of nitrogens with zero attached hydrogens (tertiary/aromatic N) is 1. The van der Waals surface area contributed by atoms with E-state index >= 15 is 0 Å². The quantitative estimate of drug-likeness (QED) is 0.744. The summed E-state index contributed by atoms with van der Waals surface area (Å²) in [7, 11) is 0. The van der Waals surface area contributed by atoms with Crippen LogP contribution in [0.25, 0.3) is 0 Å². The standard InChI is InChI=1S/C14H19ClFN/c1-11-5-6-13(16)8-12(11)10-17-7-3-2-4-14(17)9-15/h5-6,8,14H,2-4,7,9-10H2,1H3. The van der Waals surface area contributed by atoms with E-state index in [4.69, 9.17) is 11.6 Å². The zero-order chi connectivity index (χ0) is 12.3. The fourth-order valence-electron chi connectivity index (χ4n) is 2.47. The lowest BCUT2D eigenvalue weighted by atomic mass is 10.0. The van der Waals surface area contributed by atoms with Crippen LogP contribution in [0, 0.1) is 12.7 Å². The van der Waals surface area contributed by atoms with Gasteiger partial charge in [0, 0.05) is 18.5 Å². The van der Waals surface area contributed by atoms with Crippen LogP contribution in [-0.2, 0) is 6.54 Å². The summed E-state index contributed by atoms with van der Waals surface area (Å²) in [6.07, 6.45) is 3.65. The van der Waals surface area contributed by atoms with Gasteiger partial charge in [-0.3, -0.25) is 4.90 Å². The minimum Gasteiger partial charge on any atom is -0.295 e. The number of piperidine rings is 1. The lowest BCUT2D eigenvalue weighted by Gasteiger charge is -2.34. The Morgan fingerprint density at radius 1 is 1.41 bits per heavy atom. The zero-order valence-electron chi connectivity index (χ0n) is 10.3. The third-order valence-electron chi connectivity index (χ3n) is 3.61. The predicted octanol–water partition coefficient (Wildman–Crippen LogP) is 3.73. The van der Waals surface area contributed by atoms with Gasteiger partial charge >= 0.3 is 0 Å². The molecule has 1 heterocycles. The summed E-state index contributed by atoms with van der Waals surface area (Å²) in [5.41, 5.74) is 2.24. The Bertz CT molecular complexity index is 380. The highest BCUT2D eigenvalue weighted by Crippen LogP contribution is 2.22. The Hall–Kier alpha value is -0.600. The number of aryl methyl sites for hydroxylation is 1. The molecule has 0 N–H and O–H groups in total. The topological polar surface area (TPSA) is 3.24 Å². The van der Waals surface area contributed by atoms with Gasteiger partial charge in [-0.25, -0.2) is 4.39 Å². The van der Waals surface area contributed by atoms with Crippen molar-refractivity contribution in [3.8, 4) is 0 Å². The van der Waals surface area contributed by atoms with Crippen molar-refractivity contribution in [3.05, 3.63) is 35.1 Å². The summed E-state index contributed by atoms with van der Waals surface area (Å²) in [6, 6.07) is 5.47. The Morgan fingerprint density at radius 3 is 3.00 bits per heavy atom. The van der Waals surface area contributed by atoms with Gasteiger partial charge in [0.2, 0.25) is 0 Å². The van der Waals surface area contributed by atoms with E-state index in [0.717, 1.165) is 30.6 Å². The third-order valence-corrected chi connectivity index (χ3v) is 3.97. The molecule has 0 aromatic heterocycles. The highest BCUT2D eigenvalue weighted by molar-refractivity contribution is 6.18. The summed E-state index contributed by atoms with van der Waals surface area (Å²) in [5.74, 6) is 0.527. The molecule has 1 nitrogen and oxygen atoms in total. The first kappa shape index (κ1) is 12.8. The molecule has 1 aromatic carbocycles. The molecule has 0 bridgehead atoms. The van der Waals surface area contributed by atoms with Crippen LogP contribution in [0.5, 0.6) is 0 Å². The Balaban J connectivity index is 2.10. The monoisotopic (exact) mass is 255 g/mol. The van der Waals surface area contributed by atoms with E-state index in [1.54, 1.807) is 6.07 Å². The molecule has 1 fully saturated rings. The van der Waals surface area contributed by atoms with E-state index in [0.29, 0.717) is 11.9 Å². The predicted molar refractivity (Wildman–Crippen MR) is 69.9 cm³/mol. The van der Waals surface area contributed by atoms with Crippen LogP contribution in [0.2, 0.25) is 0 Å². The molecule has 1 saturated heterocycles. The number of benzene rings is 1. The molecule has 0 aliphatic carbocycles. The molecule has 17 heavy (non-hydrogen) atoms. The average molecular weight is 256 g/mol. The number of hydrogen-bond donors (Lipinski definition) is 0. The molecule has 0 amide bonds. The van der Waals surface area contributed by atoms with Crippen LogP contribution in [0.3, 0.4) is 0 Å². The maximum atomic E-state index is 13.2. The van der Waals surface area contributed by atoms with E-state index in [1.165, 1.54) is 18.9 Å². The zero-order valence-corrected chi connectivity index (χ0v) is 11.0. The Kier molecular flexibility index (Phi) is 4.41. The first-order valence-electron chi connectivity index (χ1n) is 6.25. The maximum absolute atomic E-state index is 13.2. The molecular weight excluding hydrogens is 237 g/mol. The number of halogens is 2. The van der Waals surface area contributed by atoms with Crippen molar-refractivity contribution >= 4 is 11.6 Å². The van der Waals surface area contributed by atoms with Gasteiger partial charge in [-0.15, -0.1) is 11.6 Å². The largest absolute Gasteiger partial charge is 0.295 e. The van der Waals surface area contributed by atoms with E-state index in [-0.39, 0.29) is 5.82 Å². The number of hydrogen-bond acceptors (Lipinski definition) is 1. The van der Waals surface area contributed by atoms with Gasteiger partial charge < -0.3 is 0 Å². The number of rotatable bonds is 3. The van der Waals surface area contributed by atoms with Crippen LogP contribution < -0.4 is 0 Å². The molecule has 0 spiro atoms. The SMILES string of the molecule is Cc1ccc(F)cc1CN1CCCCC1CCl. The fraction of sp³-hybridized carbons (Fsp3) is 0.571. The van der Waals surface area contributed by atoms with Crippen molar-refractivity contribution in [2.75, 3.05) is 12.4 Å². The maximum Gasteiger partial charge on any atom is 0.123 e. The van der Waals surface area contributed by atoms with Crippen LogP contribution in [-0.4, -0.2) is 23.4 Å². The molecular formula is C14H19ClFN. The normalized spacial score (nSPS) is 21.7. The average Bonchev–Trinajstić information content (AvgIpc) is 2.34. The van der Waals surface area contributed by atoms with E-state index in [9.17, 15) is 4.39 Å². The molecule has 1 atom stereocenters. The minimum atomic E-state index is -0.148. The van der Waals surface area contributed by atoms with Crippen molar-refractivity contribution in [1.82, 2.24) is 4.90 Å². The van der Waals surface area contributed by atoms with Crippen LogP contribution in [0.4, 0.5) is 4.39 Å². The molecule has 1 aromatic rings. The van der Waals surface area contributed by atoms with Crippen molar-refractivity contribution < 1.29 is 4.39 Å². The second-order valence-corrected chi connectivity index (χ2v) is 5.15. The van der Waals surface area contributed by atoms with Crippen molar-refractivity contribution in [3.63, 3.8) is 0 Å². The van der Waals surface area contributed by atoms with E-state index in [2.05, 4.69) is 4.90 Å².